The van der Waals surface area contributed by atoms with E-state index in [2.05, 4.69) is 13.8 Å². The molecule has 0 aromatic heterocycles. The number of carbonyl (C=O) groups excluding carboxylic acids is 1. The SMILES string of the molecule is CCCCCCCCCCCCC(CCC)OC(=O)c1ccccc1Cl. The Bertz CT molecular complexity index is 487. The first-order valence-corrected chi connectivity index (χ1v) is 11.0. The molecule has 1 rings (SSSR count). The van der Waals surface area contributed by atoms with Crippen LogP contribution in [0.1, 0.15) is 108 Å². The molecule has 0 aliphatic heterocycles. The fourth-order valence-electron chi connectivity index (χ4n) is 3.29. The minimum atomic E-state index is -0.291. The second kappa shape index (κ2) is 15.1. The van der Waals surface area contributed by atoms with Gasteiger partial charge in [-0.25, -0.2) is 4.79 Å². The summed E-state index contributed by atoms with van der Waals surface area (Å²) in [5.41, 5.74) is 0.471. The van der Waals surface area contributed by atoms with Crippen molar-refractivity contribution in [3.05, 3.63) is 34.9 Å². The van der Waals surface area contributed by atoms with E-state index < -0.39 is 0 Å². The minimum absolute atomic E-state index is 0.0119. The zero-order chi connectivity index (χ0) is 19.0. The summed E-state index contributed by atoms with van der Waals surface area (Å²) < 4.78 is 5.72. The van der Waals surface area contributed by atoms with E-state index in [0.29, 0.717) is 10.6 Å². The van der Waals surface area contributed by atoms with Crippen LogP contribution in [0.5, 0.6) is 0 Å². The van der Waals surface area contributed by atoms with Crippen LogP contribution < -0.4 is 0 Å². The number of unbranched alkanes of at least 4 members (excludes halogenated alkanes) is 9. The van der Waals surface area contributed by atoms with Gasteiger partial charge >= 0.3 is 5.97 Å². The second-order valence-corrected chi connectivity index (χ2v) is 7.67. The molecule has 0 fully saturated rings. The van der Waals surface area contributed by atoms with Crippen molar-refractivity contribution >= 4 is 17.6 Å². The first-order valence-electron chi connectivity index (χ1n) is 10.6. The third kappa shape index (κ3) is 10.2. The van der Waals surface area contributed by atoms with Crippen molar-refractivity contribution in [3.63, 3.8) is 0 Å². The summed E-state index contributed by atoms with van der Waals surface area (Å²) in [6.45, 7) is 4.40. The number of rotatable bonds is 15. The molecule has 0 heterocycles. The molecule has 0 saturated carbocycles. The predicted molar refractivity (Wildman–Crippen MR) is 112 cm³/mol. The molecule has 1 aromatic carbocycles. The van der Waals surface area contributed by atoms with Crippen LogP contribution in [0.25, 0.3) is 0 Å². The lowest BCUT2D eigenvalue weighted by atomic mass is 10.0. The zero-order valence-corrected chi connectivity index (χ0v) is 17.5. The molecular formula is C23H37ClO2. The molecule has 1 atom stereocenters. The molecule has 1 aromatic rings. The Morgan fingerprint density at radius 1 is 0.846 bits per heavy atom. The van der Waals surface area contributed by atoms with Gasteiger partial charge in [0.05, 0.1) is 10.6 Å². The van der Waals surface area contributed by atoms with Crippen LogP contribution in [0, 0.1) is 0 Å². The van der Waals surface area contributed by atoms with Crippen LogP contribution >= 0.6 is 11.6 Å². The van der Waals surface area contributed by atoms with E-state index in [9.17, 15) is 4.79 Å². The van der Waals surface area contributed by atoms with Gasteiger partial charge in [0.1, 0.15) is 6.10 Å². The number of esters is 1. The fraction of sp³-hybridized carbons (Fsp3) is 0.696. The summed E-state index contributed by atoms with van der Waals surface area (Å²) in [4.78, 5) is 12.3. The molecule has 0 aliphatic carbocycles. The molecule has 0 spiro atoms. The molecule has 2 nitrogen and oxygen atoms in total. The van der Waals surface area contributed by atoms with Crippen LogP contribution in [0.4, 0.5) is 0 Å². The van der Waals surface area contributed by atoms with Gasteiger partial charge in [-0.1, -0.05) is 102 Å². The topological polar surface area (TPSA) is 26.3 Å². The quantitative estimate of drug-likeness (QED) is 0.227. The molecule has 0 saturated heterocycles. The molecule has 0 amide bonds. The van der Waals surface area contributed by atoms with Crippen molar-refractivity contribution in [1.29, 1.82) is 0 Å². The van der Waals surface area contributed by atoms with Crippen molar-refractivity contribution in [3.8, 4) is 0 Å². The van der Waals surface area contributed by atoms with Crippen molar-refractivity contribution in [1.82, 2.24) is 0 Å². The lowest BCUT2D eigenvalue weighted by molar-refractivity contribution is 0.0254. The van der Waals surface area contributed by atoms with Crippen LogP contribution in [0.15, 0.2) is 24.3 Å². The highest BCUT2D eigenvalue weighted by atomic mass is 35.5. The lowest BCUT2D eigenvalue weighted by Gasteiger charge is -2.17. The minimum Gasteiger partial charge on any atom is -0.459 e. The van der Waals surface area contributed by atoms with Crippen molar-refractivity contribution in [2.75, 3.05) is 0 Å². The van der Waals surface area contributed by atoms with E-state index in [1.807, 2.05) is 12.1 Å². The van der Waals surface area contributed by atoms with Gasteiger partial charge in [-0.2, -0.15) is 0 Å². The first-order chi connectivity index (χ1) is 12.7. The Hall–Kier alpha value is -1.02. The average Bonchev–Trinajstić information content (AvgIpc) is 2.63. The predicted octanol–water partition coefficient (Wildman–Crippen LogP) is 7.98. The molecular weight excluding hydrogens is 344 g/mol. The molecule has 0 bridgehead atoms. The van der Waals surface area contributed by atoms with Gasteiger partial charge in [0, 0.05) is 0 Å². The second-order valence-electron chi connectivity index (χ2n) is 7.27. The number of hydrogen-bond donors (Lipinski definition) is 0. The van der Waals surface area contributed by atoms with E-state index in [0.717, 1.165) is 25.7 Å². The molecule has 0 N–H and O–H groups in total. The number of carbonyl (C=O) groups is 1. The summed E-state index contributed by atoms with van der Waals surface area (Å²) in [6, 6.07) is 7.11. The van der Waals surface area contributed by atoms with Gasteiger partial charge in [0.2, 0.25) is 0 Å². The van der Waals surface area contributed by atoms with E-state index in [4.69, 9.17) is 16.3 Å². The molecule has 0 aliphatic rings. The summed E-state index contributed by atoms with van der Waals surface area (Å²) in [6.07, 6.45) is 16.2. The standard InChI is InChI=1S/C23H37ClO2/c1-3-5-6-7-8-9-10-11-12-13-17-20(16-4-2)26-23(25)21-18-14-15-19-22(21)24/h14-15,18-20H,3-13,16-17H2,1-2H3. The Morgan fingerprint density at radius 3 is 2.00 bits per heavy atom. The van der Waals surface area contributed by atoms with E-state index in [1.54, 1.807) is 12.1 Å². The highest BCUT2D eigenvalue weighted by Gasteiger charge is 2.17. The third-order valence-corrected chi connectivity index (χ3v) is 5.19. The molecule has 26 heavy (non-hydrogen) atoms. The molecule has 148 valence electrons. The lowest BCUT2D eigenvalue weighted by Crippen LogP contribution is -2.18. The summed E-state index contributed by atoms with van der Waals surface area (Å²) in [7, 11) is 0. The first kappa shape index (κ1) is 23.0. The van der Waals surface area contributed by atoms with Crippen molar-refractivity contribution in [2.45, 2.75) is 103 Å². The van der Waals surface area contributed by atoms with Crippen LogP contribution in [0.3, 0.4) is 0 Å². The molecule has 0 radical (unpaired) electrons. The smallest absolute Gasteiger partial charge is 0.339 e. The fourth-order valence-corrected chi connectivity index (χ4v) is 3.50. The number of ether oxygens (including phenoxy) is 1. The largest absolute Gasteiger partial charge is 0.459 e. The van der Waals surface area contributed by atoms with Gasteiger partial charge in [0.15, 0.2) is 0 Å². The Balaban J connectivity index is 2.19. The maximum Gasteiger partial charge on any atom is 0.339 e. The highest BCUT2D eigenvalue weighted by Crippen LogP contribution is 2.20. The van der Waals surface area contributed by atoms with Gasteiger partial charge in [-0.15, -0.1) is 0 Å². The van der Waals surface area contributed by atoms with Crippen LogP contribution in [-0.4, -0.2) is 12.1 Å². The Morgan fingerprint density at radius 2 is 1.42 bits per heavy atom. The maximum atomic E-state index is 12.3. The van der Waals surface area contributed by atoms with E-state index >= 15 is 0 Å². The summed E-state index contributed by atoms with van der Waals surface area (Å²) >= 11 is 6.09. The zero-order valence-electron chi connectivity index (χ0n) is 16.8. The molecule has 1 unspecified atom stereocenters. The Labute approximate surface area is 165 Å². The normalized spacial score (nSPS) is 12.1. The third-order valence-electron chi connectivity index (χ3n) is 4.86. The van der Waals surface area contributed by atoms with Crippen molar-refractivity contribution < 1.29 is 9.53 Å². The summed E-state index contributed by atoms with van der Waals surface area (Å²) in [5.74, 6) is -0.291. The van der Waals surface area contributed by atoms with E-state index in [1.165, 1.54) is 57.8 Å². The monoisotopic (exact) mass is 380 g/mol. The van der Waals surface area contributed by atoms with Gasteiger partial charge in [0.25, 0.3) is 0 Å². The highest BCUT2D eigenvalue weighted by molar-refractivity contribution is 6.33. The maximum absolute atomic E-state index is 12.3. The summed E-state index contributed by atoms with van der Waals surface area (Å²) in [5, 5.41) is 0.465. The van der Waals surface area contributed by atoms with Crippen molar-refractivity contribution in [2.24, 2.45) is 0 Å². The Kier molecular flexibility index (Phi) is 13.4. The van der Waals surface area contributed by atoms with Crippen LogP contribution in [0.2, 0.25) is 5.02 Å². The van der Waals surface area contributed by atoms with Gasteiger partial charge in [-0.3, -0.25) is 0 Å². The van der Waals surface area contributed by atoms with E-state index in [-0.39, 0.29) is 12.1 Å². The number of hydrogen-bond acceptors (Lipinski definition) is 2. The van der Waals surface area contributed by atoms with Gasteiger partial charge in [-0.05, 0) is 31.4 Å². The molecule has 3 heteroatoms. The number of benzene rings is 1. The number of halogens is 1. The van der Waals surface area contributed by atoms with Gasteiger partial charge < -0.3 is 4.74 Å². The van der Waals surface area contributed by atoms with Crippen LogP contribution in [-0.2, 0) is 4.74 Å². The average molecular weight is 381 g/mol.